The summed E-state index contributed by atoms with van der Waals surface area (Å²) >= 11 is 0. The maximum Gasteiger partial charge on any atom is 0.133 e. The zero-order chi connectivity index (χ0) is 13.0. The van der Waals surface area contributed by atoms with Crippen LogP contribution < -0.4 is 5.32 Å². The zero-order valence-electron chi connectivity index (χ0n) is 10.1. The average Bonchev–Trinajstić information content (AvgIpc) is 2.75. The van der Waals surface area contributed by atoms with Gasteiger partial charge in [0.25, 0.3) is 0 Å². The van der Waals surface area contributed by atoms with Crippen molar-refractivity contribution in [3.05, 3.63) is 53.2 Å². The average molecular weight is 250 g/mol. The van der Waals surface area contributed by atoms with Gasteiger partial charge in [0, 0.05) is 24.7 Å². The van der Waals surface area contributed by atoms with Crippen molar-refractivity contribution in [3.63, 3.8) is 0 Å². The lowest BCUT2D eigenvalue weighted by Gasteiger charge is -2.12. The summed E-state index contributed by atoms with van der Waals surface area (Å²) in [5, 5.41) is 16.6. The van der Waals surface area contributed by atoms with Crippen LogP contribution in [0.2, 0.25) is 0 Å². The number of aromatic nitrogens is 1. The lowest BCUT2D eigenvalue weighted by Crippen LogP contribution is -2.21. The molecule has 0 aliphatic carbocycles. The van der Waals surface area contributed by atoms with Crippen LogP contribution in [0.15, 0.2) is 34.9 Å². The number of aliphatic hydroxyl groups excluding tert-OH is 1. The molecule has 0 aliphatic rings. The summed E-state index contributed by atoms with van der Waals surface area (Å²) < 4.78 is 18.3. The van der Waals surface area contributed by atoms with Gasteiger partial charge in [-0.3, -0.25) is 0 Å². The van der Waals surface area contributed by atoms with Crippen LogP contribution in [0.25, 0.3) is 0 Å². The van der Waals surface area contributed by atoms with E-state index < -0.39 is 11.9 Å². The van der Waals surface area contributed by atoms with E-state index in [0.29, 0.717) is 12.1 Å². The number of hydrogen-bond donors (Lipinski definition) is 2. The molecule has 2 rings (SSSR count). The molecule has 2 N–H and O–H groups in total. The van der Waals surface area contributed by atoms with Gasteiger partial charge in [-0.25, -0.2) is 4.39 Å². The number of halogens is 1. The number of hydrogen-bond acceptors (Lipinski definition) is 4. The molecule has 0 saturated carbocycles. The van der Waals surface area contributed by atoms with Crippen molar-refractivity contribution in [2.45, 2.75) is 19.6 Å². The maximum absolute atomic E-state index is 13.4. The monoisotopic (exact) mass is 250 g/mol. The molecule has 5 heteroatoms. The summed E-state index contributed by atoms with van der Waals surface area (Å²) in [4.78, 5) is 0. The van der Waals surface area contributed by atoms with Gasteiger partial charge in [-0.2, -0.15) is 0 Å². The number of nitrogens with zero attached hydrogens (tertiary/aromatic N) is 1. The summed E-state index contributed by atoms with van der Waals surface area (Å²) in [5.74, 6) is 0.338. The van der Waals surface area contributed by atoms with Crippen LogP contribution in [-0.4, -0.2) is 16.8 Å². The molecule has 2 aromatic rings. The first-order valence-electron chi connectivity index (χ1n) is 5.72. The highest BCUT2D eigenvalue weighted by molar-refractivity contribution is 5.20. The van der Waals surface area contributed by atoms with Gasteiger partial charge in [0.05, 0.1) is 11.8 Å². The van der Waals surface area contributed by atoms with E-state index >= 15 is 0 Å². The van der Waals surface area contributed by atoms with Gasteiger partial charge in [0.1, 0.15) is 11.6 Å². The third-order valence-corrected chi connectivity index (χ3v) is 2.58. The Bertz CT molecular complexity index is 513. The fourth-order valence-corrected chi connectivity index (χ4v) is 1.69. The molecule has 0 saturated heterocycles. The van der Waals surface area contributed by atoms with Crippen molar-refractivity contribution in [2.24, 2.45) is 0 Å². The summed E-state index contributed by atoms with van der Waals surface area (Å²) in [6.07, 6.45) is -0.876. The molecule has 1 atom stereocenters. The molecule has 1 aromatic carbocycles. The highest BCUT2D eigenvalue weighted by Crippen LogP contribution is 2.15. The van der Waals surface area contributed by atoms with Crippen LogP contribution in [-0.2, 0) is 6.54 Å². The Hall–Kier alpha value is -1.72. The summed E-state index contributed by atoms with van der Waals surface area (Å²) in [7, 11) is 0. The molecule has 0 radical (unpaired) electrons. The maximum atomic E-state index is 13.4. The van der Waals surface area contributed by atoms with Crippen molar-refractivity contribution in [1.82, 2.24) is 10.5 Å². The number of rotatable bonds is 5. The second-order valence-corrected chi connectivity index (χ2v) is 4.10. The van der Waals surface area contributed by atoms with Crippen LogP contribution in [0.1, 0.15) is 23.1 Å². The largest absolute Gasteiger partial charge is 0.387 e. The second-order valence-electron chi connectivity index (χ2n) is 4.10. The molecule has 0 bridgehead atoms. The van der Waals surface area contributed by atoms with E-state index in [1.54, 1.807) is 18.2 Å². The third-order valence-electron chi connectivity index (χ3n) is 2.58. The van der Waals surface area contributed by atoms with Gasteiger partial charge in [-0.05, 0) is 13.0 Å². The fourth-order valence-electron chi connectivity index (χ4n) is 1.69. The molecule has 96 valence electrons. The Balaban J connectivity index is 1.85. The Morgan fingerprint density at radius 3 is 2.89 bits per heavy atom. The lowest BCUT2D eigenvalue weighted by atomic mass is 10.1. The molecule has 1 unspecified atom stereocenters. The molecule has 4 nitrogen and oxygen atoms in total. The standard InChI is InChI=1S/C13H15FN2O2/c1-9-6-10(16-18-9)7-15-8-13(17)11-4-2-3-5-12(11)14/h2-6,13,15,17H,7-8H2,1H3. The number of nitrogens with one attached hydrogen (secondary N) is 1. The van der Waals surface area contributed by atoms with Crippen LogP contribution >= 0.6 is 0 Å². The molecule has 18 heavy (non-hydrogen) atoms. The normalized spacial score (nSPS) is 12.6. The van der Waals surface area contributed by atoms with Gasteiger partial charge in [0.2, 0.25) is 0 Å². The van der Waals surface area contributed by atoms with Crippen LogP contribution in [0.5, 0.6) is 0 Å². The Morgan fingerprint density at radius 2 is 2.22 bits per heavy atom. The number of benzene rings is 1. The van der Waals surface area contributed by atoms with E-state index in [1.165, 1.54) is 6.07 Å². The Labute approximate surface area is 104 Å². The third kappa shape index (κ3) is 3.15. The zero-order valence-corrected chi connectivity index (χ0v) is 10.1. The van der Waals surface area contributed by atoms with Crippen molar-refractivity contribution >= 4 is 0 Å². The summed E-state index contributed by atoms with van der Waals surface area (Å²) in [5.41, 5.74) is 1.05. The first-order chi connectivity index (χ1) is 8.66. The minimum absolute atomic E-state index is 0.257. The molecule has 0 amide bonds. The van der Waals surface area contributed by atoms with Crippen LogP contribution in [0.3, 0.4) is 0 Å². The predicted octanol–water partition coefficient (Wildman–Crippen LogP) is 1.95. The number of aryl methyl sites for hydroxylation is 1. The van der Waals surface area contributed by atoms with Gasteiger partial charge in [0.15, 0.2) is 0 Å². The first-order valence-corrected chi connectivity index (χ1v) is 5.72. The Morgan fingerprint density at radius 1 is 1.44 bits per heavy atom. The van der Waals surface area contributed by atoms with E-state index in [0.717, 1.165) is 11.5 Å². The van der Waals surface area contributed by atoms with E-state index in [2.05, 4.69) is 10.5 Å². The van der Waals surface area contributed by atoms with Gasteiger partial charge < -0.3 is 14.9 Å². The smallest absolute Gasteiger partial charge is 0.133 e. The van der Waals surface area contributed by atoms with Crippen LogP contribution in [0.4, 0.5) is 4.39 Å². The van der Waals surface area contributed by atoms with E-state index in [-0.39, 0.29) is 6.54 Å². The molecule has 0 aliphatic heterocycles. The topological polar surface area (TPSA) is 58.3 Å². The van der Waals surface area contributed by atoms with Gasteiger partial charge in [-0.1, -0.05) is 23.4 Å². The minimum Gasteiger partial charge on any atom is -0.387 e. The van der Waals surface area contributed by atoms with Gasteiger partial charge >= 0.3 is 0 Å². The Kier molecular flexibility index (Phi) is 4.07. The predicted molar refractivity (Wildman–Crippen MR) is 64.3 cm³/mol. The molecule has 0 spiro atoms. The van der Waals surface area contributed by atoms with Crippen molar-refractivity contribution in [3.8, 4) is 0 Å². The molecule has 1 heterocycles. The molecule has 0 fully saturated rings. The number of aliphatic hydroxyl groups is 1. The van der Waals surface area contributed by atoms with Crippen molar-refractivity contribution in [1.29, 1.82) is 0 Å². The highest BCUT2D eigenvalue weighted by atomic mass is 19.1. The first kappa shape index (κ1) is 12.7. The highest BCUT2D eigenvalue weighted by Gasteiger charge is 2.11. The SMILES string of the molecule is Cc1cc(CNCC(O)c2ccccc2F)no1. The van der Waals surface area contributed by atoms with E-state index in [9.17, 15) is 9.50 Å². The molecular weight excluding hydrogens is 235 g/mol. The van der Waals surface area contributed by atoms with Crippen molar-refractivity contribution < 1.29 is 14.0 Å². The molecule has 1 aromatic heterocycles. The fraction of sp³-hybridized carbons (Fsp3) is 0.308. The minimum atomic E-state index is -0.876. The lowest BCUT2D eigenvalue weighted by molar-refractivity contribution is 0.169. The van der Waals surface area contributed by atoms with Gasteiger partial charge in [-0.15, -0.1) is 0 Å². The van der Waals surface area contributed by atoms with Crippen LogP contribution in [0, 0.1) is 12.7 Å². The summed E-state index contributed by atoms with van der Waals surface area (Å²) in [6.45, 7) is 2.54. The van der Waals surface area contributed by atoms with Crippen molar-refractivity contribution in [2.75, 3.05) is 6.54 Å². The second kappa shape index (κ2) is 5.75. The van der Waals surface area contributed by atoms with E-state index in [4.69, 9.17) is 4.52 Å². The summed E-state index contributed by atoms with van der Waals surface area (Å²) in [6, 6.07) is 8.00. The van der Waals surface area contributed by atoms with E-state index in [1.807, 2.05) is 13.0 Å². The molecular formula is C13H15FN2O2. The quantitative estimate of drug-likeness (QED) is 0.851.